The van der Waals surface area contributed by atoms with Crippen molar-refractivity contribution in [3.63, 3.8) is 0 Å². The van der Waals surface area contributed by atoms with Gasteiger partial charge in [-0.1, -0.05) is 188 Å². The van der Waals surface area contributed by atoms with Gasteiger partial charge < -0.3 is 9.32 Å². The lowest BCUT2D eigenvalue weighted by molar-refractivity contribution is 0.674. The van der Waals surface area contributed by atoms with Crippen LogP contribution in [0.4, 0.5) is 17.1 Å². The number of anilines is 3. The summed E-state index contributed by atoms with van der Waals surface area (Å²) in [5.74, 6) is 0. The second-order valence-corrected chi connectivity index (χ2v) is 17.8. The molecule has 0 radical (unpaired) electrons. The van der Waals surface area contributed by atoms with Crippen LogP contribution in [0.1, 0.15) is 0 Å². The molecule has 0 aliphatic carbocycles. The van der Waals surface area contributed by atoms with Crippen molar-refractivity contribution in [1.29, 1.82) is 0 Å². The summed E-state index contributed by atoms with van der Waals surface area (Å²) >= 11 is 1.90. The first-order valence-electron chi connectivity index (χ1n) is 22.1. The fourth-order valence-electron chi connectivity index (χ4n) is 9.85. The van der Waals surface area contributed by atoms with Gasteiger partial charge in [0, 0.05) is 59.0 Å². The molecule has 0 N–H and O–H groups in total. The first kappa shape index (κ1) is 37.3. The minimum atomic E-state index is 0.910. The summed E-state index contributed by atoms with van der Waals surface area (Å²) in [6.07, 6.45) is 0. The van der Waals surface area contributed by atoms with E-state index in [1.807, 2.05) is 11.3 Å². The van der Waals surface area contributed by atoms with Crippen LogP contribution in [0.3, 0.4) is 0 Å². The Kier molecular flexibility index (Phi) is 8.75. The van der Waals surface area contributed by atoms with Crippen LogP contribution in [0, 0.1) is 0 Å². The van der Waals surface area contributed by atoms with Crippen molar-refractivity contribution < 1.29 is 4.42 Å². The Balaban J connectivity index is 0.900. The Morgan fingerprint density at radius 1 is 0.277 bits per heavy atom. The van der Waals surface area contributed by atoms with Crippen molar-refractivity contribution in [2.75, 3.05) is 4.90 Å². The van der Waals surface area contributed by atoms with Gasteiger partial charge in [0.15, 0.2) is 0 Å². The summed E-state index contributed by atoms with van der Waals surface area (Å²) in [6, 6.07) is 85.7. The third-order valence-electron chi connectivity index (χ3n) is 13.1. The summed E-state index contributed by atoms with van der Waals surface area (Å²) in [6.45, 7) is 0. The number of benzene rings is 11. The first-order chi connectivity index (χ1) is 32.2. The Labute approximate surface area is 380 Å². The van der Waals surface area contributed by atoms with Crippen LogP contribution >= 0.6 is 11.3 Å². The number of rotatable bonds is 7. The Morgan fingerprint density at radius 2 is 0.738 bits per heavy atom. The van der Waals surface area contributed by atoms with E-state index in [2.05, 4.69) is 241 Å². The van der Waals surface area contributed by atoms with Crippen LogP contribution in [0.15, 0.2) is 241 Å². The van der Waals surface area contributed by atoms with Crippen molar-refractivity contribution in [2.24, 2.45) is 0 Å². The van der Waals surface area contributed by atoms with E-state index in [1.165, 1.54) is 69.7 Å². The van der Waals surface area contributed by atoms with E-state index in [1.54, 1.807) is 0 Å². The largest absolute Gasteiger partial charge is 0.455 e. The highest BCUT2D eigenvalue weighted by Gasteiger charge is 2.18. The number of para-hydroxylation sites is 1. The van der Waals surface area contributed by atoms with Crippen molar-refractivity contribution in [3.05, 3.63) is 237 Å². The maximum atomic E-state index is 6.75. The van der Waals surface area contributed by atoms with E-state index in [0.29, 0.717) is 0 Å². The number of hydrogen-bond donors (Lipinski definition) is 0. The van der Waals surface area contributed by atoms with Crippen LogP contribution in [0.25, 0.3) is 108 Å². The molecular formula is C62H39NOS. The third-order valence-corrected chi connectivity index (χ3v) is 14.4. The Hall–Kier alpha value is -8.24. The summed E-state index contributed by atoms with van der Waals surface area (Å²) in [5, 5.41) is 9.79. The predicted octanol–water partition coefficient (Wildman–Crippen LogP) is 18.4. The number of nitrogens with zero attached hydrogens (tertiary/aromatic N) is 1. The molecule has 65 heavy (non-hydrogen) atoms. The molecule has 0 fully saturated rings. The molecule has 13 aromatic rings. The third kappa shape index (κ3) is 6.31. The molecule has 2 nitrogen and oxygen atoms in total. The van der Waals surface area contributed by atoms with Gasteiger partial charge in [0.1, 0.15) is 11.2 Å². The predicted molar refractivity (Wildman–Crippen MR) is 278 cm³/mol. The average molecular weight is 846 g/mol. The highest BCUT2D eigenvalue weighted by Crippen LogP contribution is 2.45. The van der Waals surface area contributed by atoms with E-state index in [-0.39, 0.29) is 0 Å². The average Bonchev–Trinajstić information content (AvgIpc) is 3.97. The molecule has 0 unspecified atom stereocenters. The lowest BCUT2D eigenvalue weighted by atomic mass is 9.98. The Morgan fingerprint density at radius 3 is 1.43 bits per heavy atom. The second kappa shape index (κ2) is 15.2. The minimum absolute atomic E-state index is 0.910. The van der Waals surface area contributed by atoms with Gasteiger partial charge in [-0.2, -0.15) is 0 Å². The number of furan rings is 1. The highest BCUT2D eigenvalue weighted by molar-refractivity contribution is 7.27. The normalized spacial score (nSPS) is 11.7. The van der Waals surface area contributed by atoms with E-state index in [0.717, 1.165) is 55.5 Å². The highest BCUT2D eigenvalue weighted by atomic mass is 32.1. The van der Waals surface area contributed by atoms with Crippen LogP contribution in [0.2, 0.25) is 0 Å². The van der Waals surface area contributed by atoms with E-state index in [4.69, 9.17) is 4.42 Å². The van der Waals surface area contributed by atoms with E-state index >= 15 is 0 Å². The monoisotopic (exact) mass is 845 g/mol. The molecule has 2 heterocycles. The molecule has 0 saturated carbocycles. The zero-order valence-electron chi connectivity index (χ0n) is 35.3. The molecule has 0 aliphatic rings. The molecule has 2 aromatic heterocycles. The van der Waals surface area contributed by atoms with Gasteiger partial charge in [-0.25, -0.2) is 0 Å². The summed E-state index contributed by atoms with van der Waals surface area (Å²) < 4.78 is 9.41. The molecule has 0 spiro atoms. The van der Waals surface area contributed by atoms with Crippen molar-refractivity contribution in [2.45, 2.75) is 0 Å². The SMILES string of the molecule is c1ccc(-c2cccc(-c3ccc(N(c4ccc(-c5cccc6c5oc5c7ccccc7ccc65)cc4)c4ccc(-c5cccc6c5sc5c7ccccc7ccc65)cc4)cc3)c2)cc1. The fourth-order valence-corrected chi connectivity index (χ4v) is 11.2. The lowest BCUT2D eigenvalue weighted by Crippen LogP contribution is -2.09. The number of thiophene rings is 1. The fraction of sp³-hybridized carbons (Fsp3) is 0. The van der Waals surface area contributed by atoms with Gasteiger partial charge in [-0.15, -0.1) is 11.3 Å². The van der Waals surface area contributed by atoms with Crippen LogP contribution in [-0.2, 0) is 0 Å². The molecule has 304 valence electrons. The maximum absolute atomic E-state index is 6.75. The van der Waals surface area contributed by atoms with Crippen molar-refractivity contribution in [3.8, 4) is 44.5 Å². The van der Waals surface area contributed by atoms with Crippen molar-refractivity contribution >= 4 is 92.1 Å². The molecular weight excluding hydrogens is 807 g/mol. The molecule has 0 saturated heterocycles. The van der Waals surface area contributed by atoms with Crippen molar-refractivity contribution in [1.82, 2.24) is 0 Å². The lowest BCUT2D eigenvalue weighted by Gasteiger charge is -2.26. The van der Waals surface area contributed by atoms with Gasteiger partial charge in [0.05, 0.1) is 0 Å². The maximum Gasteiger partial charge on any atom is 0.143 e. The quantitative estimate of drug-likeness (QED) is 0.159. The summed E-state index contributed by atoms with van der Waals surface area (Å²) in [4.78, 5) is 2.36. The zero-order chi connectivity index (χ0) is 42.8. The standard InChI is InChI=1S/C62H39NOS/c1-2-11-40(12-3-1)46-15-8-16-47(39-46)41-23-31-48(32-24-41)63(49-33-25-44(26-34-49)52-19-9-21-55-56-37-29-42-13-4-6-17-51(42)60(56)64-59(52)55)50-35-27-45(28-36-50)54-20-10-22-57-58-38-30-43-14-5-7-18-53(43)62(58)65-61(54)57/h1-39H. The van der Waals surface area contributed by atoms with E-state index in [9.17, 15) is 0 Å². The van der Waals surface area contributed by atoms with Crippen LogP contribution in [0.5, 0.6) is 0 Å². The molecule has 13 rings (SSSR count). The van der Waals surface area contributed by atoms with Gasteiger partial charge in [-0.3, -0.25) is 0 Å². The molecule has 0 aliphatic heterocycles. The zero-order valence-corrected chi connectivity index (χ0v) is 36.1. The van der Waals surface area contributed by atoms with Crippen LogP contribution < -0.4 is 4.90 Å². The molecule has 11 aromatic carbocycles. The molecule has 0 bridgehead atoms. The Bertz CT molecular complexity index is 3720. The second-order valence-electron chi connectivity index (χ2n) is 16.8. The summed E-state index contributed by atoms with van der Waals surface area (Å²) in [5.41, 5.74) is 14.5. The topological polar surface area (TPSA) is 16.4 Å². The van der Waals surface area contributed by atoms with Gasteiger partial charge in [0.2, 0.25) is 0 Å². The number of hydrogen-bond acceptors (Lipinski definition) is 3. The minimum Gasteiger partial charge on any atom is -0.455 e. The van der Waals surface area contributed by atoms with E-state index < -0.39 is 0 Å². The van der Waals surface area contributed by atoms with Crippen LogP contribution in [-0.4, -0.2) is 0 Å². The first-order valence-corrected chi connectivity index (χ1v) is 23.0. The summed E-state index contributed by atoms with van der Waals surface area (Å²) in [7, 11) is 0. The van der Waals surface area contributed by atoms with Gasteiger partial charge in [0.25, 0.3) is 0 Å². The smallest absolute Gasteiger partial charge is 0.143 e. The van der Waals surface area contributed by atoms with Gasteiger partial charge >= 0.3 is 0 Å². The molecule has 0 amide bonds. The molecule has 0 atom stereocenters. The van der Waals surface area contributed by atoms with Gasteiger partial charge in [-0.05, 0) is 104 Å². The number of fused-ring (bicyclic) bond motifs is 10. The molecule has 3 heteroatoms.